The second kappa shape index (κ2) is 5.15. The molecule has 0 amide bonds. The molecule has 0 atom stereocenters. The van der Waals surface area contributed by atoms with Crippen molar-refractivity contribution in [2.24, 2.45) is 0 Å². The van der Waals surface area contributed by atoms with Gasteiger partial charge in [0.15, 0.2) is 0 Å². The molecule has 1 aliphatic carbocycles. The highest BCUT2D eigenvalue weighted by atomic mass is 32.1. The molecular formula is C18H16FNS. The van der Waals surface area contributed by atoms with Crippen molar-refractivity contribution >= 4 is 27.1 Å². The van der Waals surface area contributed by atoms with E-state index in [2.05, 4.69) is 35.0 Å². The van der Waals surface area contributed by atoms with Gasteiger partial charge in [0.2, 0.25) is 0 Å². The van der Waals surface area contributed by atoms with E-state index in [-0.39, 0.29) is 5.82 Å². The van der Waals surface area contributed by atoms with Gasteiger partial charge in [-0.15, -0.1) is 11.3 Å². The van der Waals surface area contributed by atoms with E-state index in [4.69, 9.17) is 0 Å². The van der Waals surface area contributed by atoms with Crippen LogP contribution in [0.15, 0.2) is 53.9 Å². The number of benzene rings is 2. The van der Waals surface area contributed by atoms with Gasteiger partial charge in [-0.05, 0) is 71.5 Å². The molecule has 0 radical (unpaired) electrons. The number of thiophene rings is 1. The van der Waals surface area contributed by atoms with Crippen molar-refractivity contribution in [1.29, 1.82) is 0 Å². The fourth-order valence-electron chi connectivity index (χ4n) is 3.06. The summed E-state index contributed by atoms with van der Waals surface area (Å²) in [5.74, 6) is 0.356. The van der Waals surface area contributed by atoms with Crippen LogP contribution in [-0.2, 0) is 0 Å². The maximum Gasteiger partial charge on any atom is 0.123 e. The average Bonchev–Trinajstić information content (AvgIpc) is 2.89. The summed E-state index contributed by atoms with van der Waals surface area (Å²) in [5, 5.41) is 7.01. The molecule has 0 aliphatic heterocycles. The topological polar surface area (TPSA) is 12.0 Å². The lowest BCUT2D eigenvalue weighted by atomic mass is 9.76. The van der Waals surface area contributed by atoms with Gasteiger partial charge in [0.25, 0.3) is 0 Å². The van der Waals surface area contributed by atoms with E-state index in [9.17, 15) is 4.39 Å². The van der Waals surface area contributed by atoms with E-state index in [0.717, 1.165) is 18.4 Å². The Morgan fingerprint density at radius 2 is 1.95 bits per heavy atom. The Bertz CT molecular complexity index is 773. The first-order chi connectivity index (χ1) is 10.3. The average molecular weight is 297 g/mol. The first-order valence-electron chi connectivity index (χ1n) is 7.27. The van der Waals surface area contributed by atoms with Crippen molar-refractivity contribution in [1.82, 2.24) is 0 Å². The Morgan fingerprint density at radius 3 is 2.81 bits per heavy atom. The minimum absolute atomic E-state index is 0.133. The predicted molar refractivity (Wildman–Crippen MR) is 87.6 cm³/mol. The zero-order chi connectivity index (χ0) is 14.2. The summed E-state index contributed by atoms with van der Waals surface area (Å²) in [6.45, 7) is 0. The lowest BCUT2D eigenvalue weighted by Gasteiger charge is -2.37. The molecule has 1 N–H and O–H groups in total. The van der Waals surface area contributed by atoms with Crippen LogP contribution in [0, 0.1) is 5.82 Å². The van der Waals surface area contributed by atoms with Gasteiger partial charge in [-0.2, -0.15) is 0 Å². The summed E-state index contributed by atoms with van der Waals surface area (Å²) in [5.41, 5.74) is 2.31. The third-order valence-electron chi connectivity index (χ3n) is 4.28. The molecule has 1 aliphatic rings. The van der Waals surface area contributed by atoms with Gasteiger partial charge in [0, 0.05) is 16.4 Å². The van der Waals surface area contributed by atoms with E-state index in [1.54, 1.807) is 23.5 Å². The number of rotatable bonds is 3. The summed E-state index contributed by atoms with van der Waals surface area (Å²) in [4.78, 5) is 0. The molecule has 2 aromatic carbocycles. The Balaban J connectivity index is 1.41. The van der Waals surface area contributed by atoms with Crippen LogP contribution in [0.2, 0.25) is 0 Å². The largest absolute Gasteiger partial charge is 0.382 e. The van der Waals surface area contributed by atoms with Gasteiger partial charge in [-0.3, -0.25) is 0 Å². The maximum absolute atomic E-state index is 13.2. The second-order valence-electron chi connectivity index (χ2n) is 5.74. The number of halogens is 1. The van der Waals surface area contributed by atoms with Crippen molar-refractivity contribution in [3.05, 3.63) is 65.3 Å². The van der Waals surface area contributed by atoms with E-state index in [1.165, 1.54) is 21.8 Å². The number of anilines is 1. The molecule has 1 fully saturated rings. The lowest BCUT2D eigenvalue weighted by molar-refractivity contribution is 0.373. The first-order valence-corrected chi connectivity index (χ1v) is 8.15. The minimum Gasteiger partial charge on any atom is -0.382 e. The molecule has 1 aromatic heterocycles. The standard InChI is InChI=1S/C18H16FNS/c19-15-3-1-2-12(8-15)14-10-17(11-14)20-16-4-5-18-13(9-16)6-7-21-18/h1-9,14,17,20H,10-11H2. The zero-order valence-electron chi connectivity index (χ0n) is 11.6. The van der Waals surface area contributed by atoms with Crippen LogP contribution in [-0.4, -0.2) is 6.04 Å². The predicted octanol–water partition coefficient (Wildman–Crippen LogP) is 5.40. The first kappa shape index (κ1) is 12.8. The van der Waals surface area contributed by atoms with Crippen molar-refractivity contribution < 1.29 is 4.39 Å². The molecule has 0 bridgehead atoms. The van der Waals surface area contributed by atoms with Gasteiger partial charge in [-0.25, -0.2) is 4.39 Å². The minimum atomic E-state index is -0.133. The number of hydrogen-bond donors (Lipinski definition) is 1. The third kappa shape index (κ3) is 2.54. The summed E-state index contributed by atoms with van der Waals surface area (Å²) >= 11 is 1.77. The molecule has 1 saturated carbocycles. The molecule has 0 unspecified atom stereocenters. The highest BCUT2D eigenvalue weighted by Crippen LogP contribution is 2.39. The van der Waals surface area contributed by atoms with Crippen LogP contribution in [0.25, 0.3) is 10.1 Å². The molecule has 0 spiro atoms. The molecular weight excluding hydrogens is 281 g/mol. The van der Waals surface area contributed by atoms with E-state index >= 15 is 0 Å². The second-order valence-corrected chi connectivity index (χ2v) is 6.69. The summed E-state index contributed by atoms with van der Waals surface area (Å²) in [6, 6.07) is 16.2. The van der Waals surface area contributed by atoms with Crippen LogP contribution in [0.1, 0.15) is 24.3 Å². The van der Waals surface area contributed by atoms with Gasteiger partial charge in [0.05, 0.1) is 0 Å². The third-order valence-corrected chi connectivity index (χ3v) is 5.18. The van der Waals surface area contributed by atoms with E-state index in [1.807, 2.05) is 6.07 Å². The Hall–Kier alpha value is -1.87. The Morgan fingerprint density at radius 1 is 1.05 bits per heavy atom. The number of nitrogens with one attached hydrogen (secondary N) is 1. The van der Waals surface area contributed by atoms with Crippen LogP contribution in [0.5, 0.6) is 0 Å². The van der Waals surface area contributed by atoms with Crippen LogP contribution >= 0.6 is 11.3 Å². The summed E-state index contributed by atoms with van der Waals surface area (Å²) in [6.07, 6.45) is 2.15. The zero-order valence-corrected chi connectivity index (χ0v) is 12.4. The molecule has 1 nitrogen and oxygen atoms in total. The van der Waals surface area contributed by atoms with Crippen molar-refractivity contribution in [3.8, 4) is 0 Å². The Kier molecular flexibility index (Phi) is 3.15. The molecule has 3 aromatic rings. The molecule has 0 saturated heterocycles. The summed E-state index contributed by atoms with van der Waals surface area (Å²) < 4.78 is 14.6. The van der Waals surface area contributed by atoms with Gasteiger partial charge in [0.1, 0.15) is 5.82 Å². The fraction of sp³-hybridized carbons (Fsp3) is 0.222. The molecule has 3 heteroatoms. The maximum atomic E-state index is 13.2. The molecule has 21 heavy (non-hydrogen) atoms. The van der Waals surface area contributed by atoms with Crippen LogP contribution in [0.3, 0.4) is 0 Å². The SMILES string of the molecule is Fc1cccc(C2CC(Nc3ccc4sccc4c3)C2)c1. The lowest BCUT2D eigenvalue weighted by Crippen LogP contribution is -2.34. The highest BCUT2D eigenvalue weighted by molar-refractivity contribution is 7.17. The highest BCUT2D eigenvalue weighted by Gasteiger charge is 2.30. The fourth-order valence-corrected chi connectivity index (χ4v) is 3.83. The quantitative estimate of drug-likeness (QED) is 0.682. The van der Waals surface area contributed by atoms with E-state index in [0.29, 0.717) is 12.0 Å². The van der Waals surface area contributed by atoms with Gasteiger partial charge < -0.3 is 5.32 Å². The van der Waals surface area contributed by atoms with Crippen molar-refractivity contribution in [2.45, 2.75) is 24.8 Å². The molecule has 1 heterocycles. The molecule has 106 valence electrons. The summed E-state index contributed by atoms with van der Waals surface area (Å²) in [7, 11) is 0. The van der Waals surface area contributed by atoms with Crippen LogP contribution < -0.4 is 5.32 Å². The van der Waals surface area contributed by atoms with Gasteiger partial charge >= 0.3 is 0 Å². The van der Waals surface area contributed by atoms with Gasteiger partial charge in [-0.1, -0.05) is 12.1 Å². The van der Waals surface area contributed by atoms with Crippen molar-refractivity contribution in [3.63, 3.8) is 0 Å². The van der Waals surface area contributed by atoms with Crippen LogP contribution in [0.4, 0.5) is 10.1 Å². The number of hydrogen-bond acceptors (Lipinski definition) is 2. The van der Waals surface area contributed by atoms with Crippen molar-refractivity contribution in [2.75, 3.05) is 5.32 Å². The smallest absolute Gasteiger partial charge is 0.123 e. The monoisotopic (exact) mass is 297 g/mol. The number of fused-ring (bicyclic) bond motifs is 1. The molecule has 4 rings (SSSR count). The Labute approximate surface area is 127 Å². The normalized spacial score (nSPS) is 21.2. The van der Waals surface area contributed by atoms with E-state index < -0.39 is 0 Å².